The van der Waals surface area contributed by atoms with E-state index < -0.39 is 0 Å². The molecule has 2 aliphatic rings. The lowest BCUT2D eigenvalue weighted by atomic mass is 9.98. The minimum Gasteiger partial charge on any atom is -0.284 e. The highest BCUT2D eigenvalue weighted by molar-refractivity contribution is 6.17. The Hall–Kier alpha value is -2.55. The lowest BCUT2D eigenvalue weighted by Gasteiger charge is -2.09. The van der Waals surface area contributed by atoms with Gasteiger partial charge < -0.3 is 0 Å². The molecule has 0 radical (unpaired) electrons. The Balaban J connectivity index is 1.62. The van der Waals surface area contributed by atoms with Crippen LogP contribution >= 0.6 is 0 Å². The van der Waals surface area contributed by atoms with Crippen LogP contribution in [0.4, 0.5) is 0 Å². The van der Waals surface area contributed by atoms with Gasteiger partial charge in [0.25, 0.3) is 0 Å². The van der Waals surface area contributed by atoms with E-state index in [4.69, 9.17) is 4.99 Å². The number of hydrogen-bond acceptors (Lipinski definition) is 3. The molecule has 4 rings (SSSR count). The van der Waals surface area contributed by atoms with Gasteiger partial charge in [-0.1, -0.05) is 49.7 Å². The first-order valence-electron chi connectivity index (χ1n) is 8.62. The summed E-state index contributed by atoms with van der Waals surface area (Å²) < 4.78 is 0. The van der Waals surface area contributed by atoms with Crippen LogP contribution in [0.25, 0.3) is 0 Å². The third-order valence-corrected chi connectivity index (χ3v) is 4.74. The van der Waals surface area contributed by atoms with Gasteiger partial charge in [0.15, 0.2) is 5.84 Å². The Labute approximate surface area is 142 Å². The number of aryl methyl sites for hydroxylation is 1. The summed E-state index contributed by atoms with van der Waals surface area (Å²) in [5.74, 6) is 0.836. The predicted molar refractivity (Wildman–Crippen MR) is 101 cm³/mol. The van der Waals surface area contributed by atoms with E-state index in [9.17, 15) is 0 Å². The van der Waals surface area contributed by atoms with Gasteiger partial charge in [0.05, 0.1) is 18.3 Å². The predicted octanol–water partition coefficient (Wildman–Crippen LogP) is 4.52. The molecule has 0 saturated carbocycles. The molecule has 0 N–H and O–H groups in total. The van der Waals surface area contributed by atoms with E-state index in [0.717, 1.165) is 30.0 Å². The standard InChI is InChI=1S/C21H21N3/c1-3-6-19-18-10-9-15(11-16(18)12-22-19)21-23-13-20(24-21)17-8-5-4-7-14(17)2/h4-5,7-12,19H,3,6,13H2,1-2H3. The Morgan fingerprint density at radius 2 is 2.00 bits per heavy atom. The summed E-state index contributed by atoms with van der Waals surface area (Å²) in [5.41, 5.74) is 7.13. The smallest absolute Gasteiger partial charge is 0.155 e. The van der Waals surface area contributed by atoms with Gasteiger partial charge in [-0.2, -0.15) is 0 Å². The second kappa shape index (κ2) is 6.16. The second-order valence-electron chi connectivity index (χ2n) is 6.44. The number of benzene rings is 2. The van der Waals surface area contributed by atoms with E-state index in [2.05, 4.69) is 66.3 Å². The van der Waals surface area contributed by atoms with Crippen LogP contribution in [0.15, 0.2) is 57.4 Å². The summed E-state index contributed by atoms with van der Waals surface area (Å²) in [7, 11) is 0. The zero-order chi connectivity index (χ0) is 16.5. The molecule has 0 bridgehead atoms. The highest BCUT2D eigenvalue weighted by Gasteiger charge is 2.20. The quantitative estimate of drug-likeness (QED) is 0.795. The fourth-order valence-electron chi connectivity index (χ4n) is 3.43. The molecule has 2 aliphatic heterocycles. The van der Waals surface area contributed by atoms with Gasteiger partial charge in [-0.25, -0.2) is 4.99 Å². The van der Waals surface area contributed by atoms with Crippen molar-refractivity contribution in [1.82, 2.24) is 0 Å². The van der Waals surface area contributed by atoms with Gasteiger partial charge in [0.2, 0.25) is 0 Å². The highest BCUT2D eigenvalue weighted by atomic mass is 15.0. The van der Waals surface area contributed by atoms with Crippen molar-refractivity contribution in [3.8, 4) is 0 Å². The van der Waals surface area contributed by atoms with Crippen molar-refractivity contribution in [2.75, 3.05) is 6.54 Å². The fraction of sp³-hybridized carbons (Fsp3) is 0.286. The third kappa shape index (κ3) is 2.60. The second-order valence-corrected chi connectivity index (χ2v) is 6.44. The Kier molecular flexibility index (Phi) is 3.85. The molecule has 0 aliphatic carbocycles. The summed E-state index contributed by atoms with van der Waals surface area (Å²) in [4.78, 5) is 14.1. The number of hydrogen-bond donors (Lipinski definition) is 0. The Morgan fingerprint density at radius 3 is 2.83 bits per heavy atom. The maximum Gasteiger partial charge on any atom is 0.155 e. The van der Waals surface area contributed by atoms with Crippen molar-refractivity contribution in [3.63, 3.8) is 0 Å². The van der Waals surface area contributed by atoms with E-state index in [0.29, 0.717) is 12.6 Å². The van der Waals surface area contributed by atoms with E-state index in [1.54, 1.807) is 0 Å². The van der Waals surface area contributed by atoms with Gasteiger partial charge in [0.1, 0.15) is 0 Å². The van der Waals surface area contributed by atoms with Crippen LogP contribution in [-0.2, 0) is 0 Å². The SMILES string of the molecule is CCCC1N=Cc2cc(C3=NCC(c4ccccc4C)=N3)ccc21. The van der Waals surface area contributed by atoms with Gasteiger partial charge in [-0.3, -0.25) is 9.98 Å². The zero-order valence-electron chi connectivity index (χ0n) is 14.2. The number of rotatable bonds is 4. The first-order valence-corrected chi connectivity index (χ1v) is 8.62. The Morgan fingerprint density at radius 1 is 1.12 bits per heavy atom. The van der Waals surface area contributed by atoms with Gasteiger partial charge in [0, 0.05) is 17.3 Å². The first kappa shape index (κ1) is 15.0. The highest BCUT2D eigenvalue weighted by Crippen LogP contribution is 2.31. The van der Waals surface area contributed by atoms with Crippen LogP contribution in [0.3, 0.4) is 0 Å². The average molecular weight is 315 g/mol. The van der Waals surface area contributed by atoms with Crippen LogP contribution in [0.2, 0.25) is 0 Å². The van der Waals surface area contributed by atoms with Crippen LogP contribution in [0.5, 0.6) is 0 Å². The maximum absolute atomic E-state index is 4.79. The van der Waals surface area contributed by atoms with Crippen molar-refractivity contribution in [2.24, 2.45) is 15.0 Å². The molecule has 0 aromatic heterocycles. The van der Waals surface area contributed by atoms with Crippen LogP contribution in [-0.4, -0.2) is 24.3 Å². The number of nitrogens with zero attached hydrogens (tertiary/aromatic N) is 3. The molecule has 3 heteroatoms. The van der Waals surface area contributed by atoms with E-state index in [1.165, 1.54) is 22.3 Å². The molecule has 24 heavy (non-hydrogen) atoms. The topological polar surface area (TPSA) is 37.1 Å². The minimum atomic E-state index is 0.329. The molecule has 0 amide bonds. The summed E-state index contributed by atoms with van der Waals surface area (Å²) in [6, 6.07) is 15.2. The first-order chi connectivity index (χ1) is 11.8. The minimum absolute atomic E-state index is 0.329. The molecule has 120 valence electrons. The molecular weight excluding hydrogens is 294 g/mol. The lowest BCUT2D eigenvalue weighted by Crippen LogP contribution is -2.04. The summed E-state index contributed by atoms with van der Waals surface area (Å²) in [6.07, 6.45) is 4.26. The molecule has 3 nitrogen and oxygen atoms in total. The largest absolute Gasteiger partial charge is 0.284 e. The summed E-state index contributed by atoms with van der Waals surface area (Å²) >= 11 is 0. The van der Waals surface area contributed by atoms with Crippen LogP contribution in [0, 0.1) is 6.92 Å². The maximum atomic E-state index is 4.79. The average Bonchev–Trinajstić information content (AvgIpc) is 3.23. The zero-order valence-corrected chi connectivity index (χ0v) is 14.2. The van der Waals surface area contributed by atoms with Crippen molar-refractivity contribution in [3.05, 3.63) is 70.3 Å². The normalized spacial score (nSPS) is 18.5. The van der Waals surface area contributed by atoms with E-state index in [1.807, 2.05) is 6.21 Å². The Bertz CT molecular complexity index is 874. The molecule has 0 spiro atoms. The number of fused-ring (bicyclic) bond motifs is 1. The third-order valence-electron chi connectivity index (χ3n) is 4.74. The van der Waals surface area contributed by atoms with E-state index in [-0.39, 0.29) is 0 Å². The van der Waals surface area contributed by atoms with Crippen LogP contribution in [0.1, 0.15) is 53.6 Å². The fourth-order valence-corrected chi connectivity index (χ4v) is 3.43. The van der Waals surface area contributed by atoms with E-state index >= 15 is 0 Å². The molecule has 1 unspecified atom stereocenters. The molecule has 2 heterocycles. The van der Waals surface area contributed by atoms with Crippen molar-refractivity contribution < 1.29 is 0 Å². The monoisotopic (exact) mass is 315 g/mol. The van der Waals surface area contributed by atoms with Crippen LogP contribution < -0.4 is 0 Å². The number of aliphatic imine (C=N–C) groups is 3. The molecule has 0 fully saturated rings. The molecule has 2 aromatic carbocycles. The molecule has 2 aromatic rings. The van der Waals surface area contributed by atoms with Gasteiger partial charge in [-0.15, -0.1) is 0 Å². The molecule has 1 atom stereocenters. The lowest BCUT2D eigenvalue weighted by molar-refractivity contribution is 0.652. The van der Waals surface area contributed by atoms with Crippen molar-refractivity contribution in [1.29, 1.82) is 0 Å². The van der Waals surface area contributed by atoms with Crippen molar-refractivity contribution in [2.45, 2.75) is 32.7 Å². The molecular formula is C21H21N3. The van der Waals surface area contributed by atoms with Gasteiger partial charge >= 0.3 is 0 Å². The van der Waals surface area contributed by atoms with Gasteiger partial charge in [-0.05, 0) is 36.1 Å². The summed E-state index contributed by atoms with van der Waals surface area (Å²) in [5, 5.41) is 0. The van der Waals surface area contributed by atoms with Crippen molar-refractivity contribution >= 4 is 17.8 Å². The molecule has 0 saturated heterocycles. The number of amidine groups is 1. The summed E-state index contributed by atoms with van der Waals surface area (Å²) in [6.45, 7) is 4.98.